The van der Waals surface area contributed by atoms with Crippen LogP contribution in [0.5, 0.6) is 0 Å². The number of nitrogens with one attached hydrogen (secondary N) is 1. The molecule has 0 spiro atoms. The molecule has 20 heavy (non-hydrogen) atoms. The first-order chi connectivity index (χ1) is 9.43. The van der Waals surface area contributed by atoms with Crippen LogP contribution >= 0.6 is 11.6 Å². The van der Waals surface area contributed by atoms with Gasteiger partial charge in [0, 0.05) is 11.9 Å². The molecule has 0 fully saturated rings. The number of aliphatic hydroxyl groups excluding tert-OH is 1. The first-order valence-corrected chi connectivity index (χ1v) is 6.47. The number of carbonyl (C=O) groups excluding carboxylic acids is 1. The fourth-order valence-corrected chi connectivity index (χ4v) is 1.93. The maximum absolute atomic E-state index is 12.0. The van der Waals surface area contributed by atoms with Gasteiger partial charge in [-0.15, -0.1) is 0 Å². The molecule has 3 N–H and O–H groups in total. The highest BCUT2D eigenvalue weighted by molar-refractivity contribution is 6.35. The van der Waals surface area contributed by atoms with Gasteiger partial charge in [0.05, 0.1) is 17.1 Å². The van der Waals surface area contributed by atoms with E-state index < -0.39 is 18.1 Å². The van der Waals surface area contributed by atoms with Crippen LogP contribution in [-0.2, 0) is 0 Å². The van der Waals surface area contributed by atoms with E-state index in [1.807, 2.05) is 18.2 Å². The molecule has 0 bridgehead atoms. The van der Waals surface area contributed by atoms with Gasteiger partial charge in [-0.25, -0.2) is 4.98 Å². The van der Waals surface area contributed by atoms with Crippen LogP contribution in [0.25, 0.3) is 10.9 Å². The number of nitrogens with zero attached hydrogens (tertiary/aromatic N) is 1. The van der Waals surface area contributed by atoms with Crippen LogP contribution in [0, 0.1) is 0 Å². The van der Waals surface area contributed by atoms with Crippen molar-refractivity contribution < 1.29 is 15.0 Å². The molecule has 1 unspecified atom stereocenters. The minimum absolute atomic E-state index is 0.0749. The number of para-hydroxylation sites is 1. The second kappa shape index (κ2) is 5.75. The number of hydrogen-bond donors (Lipinski definition) is 3. The van der Waals surface area contributed by atoms with E-state index in [0.717, 1.165) is 5.39 Å². The van der Waals surface area contributed by atoms with Crippen LogP contribution in [0.15, 0.2) is 30.3 Å². The summed E-state index contributed by atoms with van der Waals surface area (Å²) in [6.45, 7) is 0.904. The van der Waals surface area contributed by atoms with Gasteiger partial charge in [0.25, 0.3) is 5.91 Å². The maximum atomic E-state index is 12.0. The Bertz CT molecular complexity index is 643. The van der Waals surface area contributed by atoms with Crippen LogP contribution < -0.4 is 5.32 Å². The zero-order valence-corrected chi connectivity index (χ0v) is 11.7. The Balaban J connectivity index is 2.23. The molecule has 0 aliphatic heterocycles. The summed E-state index contributed by atoms with van der Waals surface area (Å²) in [5.74, 6) is -0.452. The predicted octanol–water partition coefficient (Wildman–Crippen LogP) is 1.36. The number of hydrogen-bond acceptors (Lipinski definition) is 4. The summed E-state index contributed by atoms with van der Waals surface area (Å²) in [6, 6.07) is 8.72. The Kier molecular flexibility index (Phi) is 4.23. The SMILES string of the molecule is CC(O)(CO)CNC(=O)c1cc(Cl)c2ccccc2n1. The van der Waals surface area contributed by atoms with Crippen LogP contribution in [0.2, 0.25) is 5.02 Å². The second-order valence-corrected chi connectivity index (χ2v) is 5.25. The van der Waals surface area contributed by atoms with Crippen molar-refractivity contribution >= 4 is 28.4 Å². The van der Waals surface area contributed by atoms with Gasteiger partial charge in [-0.2, -0.15) is 0 Å². The summed E-state index contributed by atoms with van der Waals surface area (Å²) in [7, 11) is 0. The minimum Gasteiger partial charge on any atom is -0.393 e. The van der Waals surface area contributed by atoms with E-state index in [2.05, 4.69) is 10.3 Å². The van der Waals surface area contributed by atoms with E-state index in [4.69, 9.17) is 16.7 Å². The van der Waals surface area contributed by atoms with Gasteiger partial charge < -0.3 is 15.5 Å². The van der Waals surface area contributed by atoms with Crippen molar-refractivity contribution in [2.45, 2.75) is 12.5 Å². The largest absolute Gasteiger partial charge is 0.393 e. The fraction of sp³-hybridized carbons (Fsp3) is 0.286. The van der Waals surface area contributed by atoms with Gasteiger partial charge in [0.15, 0.2) is 0 Å². The Hall–Kier alpha value is -1.69. The van der Waals surface area contributed by atoms with Gasteiger partial charge in [-0.05, 0) is 19.1 Å². The molecule has 1 aromatic heterocycles. The fourth-order valence-electron chi connectivity index (χ4n) is 1.67. The first kappa shape index (κ1) is 14.7. The summed E-state index contributed by atoms with van der Waals surface area (Å²) in [6.07, 6.45) is 0. The average Bonchev–Trinajstić information content (AvgIpc) is 2.45. The molecule has 1 heterocycles. The van der Waals surface area contributed by atoms with Crippen LogP contribution in [-0.4, -0.2) is 39.9 Å². The molecular formula is C14H15ClN2O3. The number of rotatable bonds is 4. The lowest BCUT2D eigenvalue weighted by molar-refractivity contribution is 0.00316. The van der Waals surface area contributed by atoms with Crippen molar-refractivity contribution in [1.29, 1.82) is 0 Å². The molecule has 106 valence electrons. The Morgan fingerprint density at radius 1 is 1.45 bits per heavy atom. The lowest BCUT2D eigenvalue weighted by Gasteiger charge is -2.20. The number of amides is 1. The highest BCUT2D eigenvalue weighted by Gasteiger charge is 2.21. The zero-order valence-electron chi connectivity index (χ0n) is 10.9. The topological polar surface area (TPSA) is 82.5 Å². The first-order valence-electron chi connectivity index (χ1n) is 6.10. The van der Waals surface area contributed by atoms with Crippen molar-refractivity contribution in [3.63, 3.8) is 0 Å². The third kappa shape index (κ3) is 3.25. The molecule has 5 nitrogen and oxygen atoms in total. The summed E-state index contributed by atoms with van der Waals surface area (Å²) in [5.41, 5.74) is -0.572. The Morgan fingerprint density at radius 3 is 2.85 bits per heavy atom. The third-order valence-electron chi connectivity index (χ3n) is 2.87. The molecule has 0 radical (unpaired) electrons. The molecule has 0 aliphatic rings. The van der Waals surface area contributed by atoms with Crippen LogP contribution in [0.1, 0.15) is 17.4 Å². The van der Waals surface area contributed by atoms with Crippen LogP contribution in [0.4, 0.5) is 0 Å². The molecule has 2 aromatic rings. The summed E-state index contributed by atoms with van der Waals surface area (Å²) in [4.78, 5) is 16.2. The molecule has 6 heteroatoms. The van der Waals surface area contributed by atoms with Crippen LogP contribution in [0.3, 0.4) is 0 Å². The normalized spacial score (nSPS) is 14.0. The number of aliphatic hydroxyl groups is 2. The highest BCUT2D eigenvalue weighted by Crippen LogP contribution is 2.22. The van der Waals surface area contributed by atoms with Crippen molar-refractivity contribution in [3.8, 4) is 0 Å². The number of benzene rings is 1. The van der Waals surface area contributed by atoms with Gasteiger partial charge in [-0.1, -0.05) is 29.8 Å². The smallest absolute Gasteiger partial charge is 0.270 e. The predicted molar refractivity (Wildman–Crippen MR) is 76.8 cm³/mol. The molecule has 0 aliphatic carbocycles. The monoisotopic (exact) mass is 294 g/mol. The van der Waals surface area contributed by atoms with E-state index in [-0.39, 0.29) is 12.2 Å². The van der Waals surface area contributed by atoms with E-state index >= 15 is 0 Å². The quantitative estimate of drug-likeness (QED) is 0.795. The molecule has 0 saturated heterocycles. The number of pyridine rings is 1. The van der Waals surface area contributed by atoms with Crippen molar-refractivity contribution in [2.75, 3.05) is 13.2 Å². The third-order valence-corrected chi connectivity index (χ3v) is 3.18. The molecule has 1 amide bonds. The molecule has 1 aromatic carbocycles. The van der Waals surface area contributed by atoms with Crippen molar-refractivity contribution in [1.82, 2.24) is 10.3 Å². The van der Waals surface area contributed by atoms with Gasteiger partial charge in [-0.3, -0.25) is 4.79 Å². The zero-order chi connectivity index (χ0) is 14.8. The molecule has 0 saturated carbocycles. The molecule has 1 atom stereocenters. The maximum Gasteiger partial charge on any atom is 0.270 e. The van der Waals surface area contributed by atoms with E-state index in [1.54, 1.807) is 6.07 Å². The van der Waals surface area contributed by atoms with Crippen molar-refractivity contribution in [2.24, 2.45) is 0 Å². The Morgan fingerprint density at radius 2 is 2.15 bits per heavy atom. The summed E-state index contributed by atoms with van der Waals surface area (Å²) in [5, 5.41) is 22.3. The summed E-state index contributed by atoms with van der Waals surface area (Å²) >= 11 is 6.11. The van der Waals surface area contributed by atoms with Gasteiger partial charge in [0.2, 0.25) is 0 Å². The average molecular weight is 295 g/mol. The number of fused-ring (bicyclic) bond motifs is 1. The standard InChI is InChI=1S/C14H15ClN2O3/c1-14(20,8-18)7-16-13(19)12-6-10(15)9-4-2-3-5-11(9)17-12/h2-6,18,20H,7-8H2,1H3,(H,16,19). The van der Waals surface area contributed by atoms with Gasteiger partial charge in [0.1, 0.15) is 11.3 Å². The van der Waals surface area contributed by atoms with E-state index in [1.165, 1.54) is 13.0 Å². The Labute approximate surface area is 121 Å². The lowest BCUT2D eigenvalue weighted by Crippen LogP contribution is -2.43. The van der Waals surface area contributed by atoms with Gasteiger partial charge >= 0.3 is 0 Å². The van der Waals surface area contributed by atoms with E-state index in [0.29, 0.717) is 10.5 Å². The highest BCUT2D eigenvalue weighted by atomic mass is 35.5. The minimum atomic E-state index is -1.36. The van der Waals surface area contributed by atoms with E-state index in [9.17, 15) is 9.90 Å². The summed E-state index contributed by atoms with van der Waals surface area (Å²) < 4.78 is 0. The lowest BCUT2D eigenvalue weighted by atomic mass is 10.1. The number of aromatic nitrogens is 1. The van der Waals surface area contributed by atoms with Crippen molar-refractivity contribution in [3.05, 3.63) is 41.0 Å². The molecular weight excluding hydrogens is 280 g/mol. The second-order valence-electron chi connectivity index (χ2n) is 4.84. The number of carbonyl (C=O) groups is 1. The number of halogens is 1. The molecule has 2 rings (SSSR count).